The number of hydrogen-bond donors (Lipinski definition) is 3. The highest BCUT2D eigenvalue weighted by Crippen LogP contribution is 2.25. The summed E-state index contributed by atoms with van der Waals surface area (Å²) in [6, 6.07) is 16.4. The molecule has 43 heavy (non-hydrogen) atoms. The normalized spacial score (nSPS) is 12.8. The van der Waals surface area contributed by atoms with Crippen molar-refractivity contribution in [3.63, 3.8) is 0 Å². The Labute approximate surface area is 262 Å². The zero-order valence-electron chi connectivity index (χ0n) is 23.8. The van der Waals surface area contributed by atoms with E-state index >= 15 is 0 Å². The third-order valence-corrected chi connectivity index (χ3v) is 10.4. The van der Waals surface area contributed by atoms with E-state index in [1.165, 1.54) is 34.6 Å². The van der Waals surface area contributed by atoms with E-state index in [1.807, 2.05) is 19.9 Å². The smallest absolute Gasteiger partial charge is 0.319 e. The van der Waals surface area contributed by atoms with E-state index in [0.29, 0.717) is 30.0 Å². The predicted molar refractivity (Wildman–Crippen MR) is 168 cm³/mol. The van der Waals surface area contributed by atoms with Gasteiger partial charge >= 0.3 is 6.03 Å². The number of hydrogen-bond acceptors (Lipinski definition) is 5. The van der Waals surface area contributed by atoms with Crippen molar-refractivity contribution >= 4 is 55.0 Å². The Morgan fingerprint density at radius 1 is 0.930 bits per heavy atom. The van der Waals surface area contributed by atoms with Gasteiger partial charge in [0.05, 0.1) is 9.92 Å². The summed E-state index contributed by atoms with van der Waals surface area (Å²) in [6.45, 7) is 3.92. The molecule has 0 aliphatic rings. The minimum atomic E-state index is -4.09. The fourth-order valence-corrected chi connectivity index (χ4v) is 7.69. The average Bonchev–Trinajstić information content (AvgIpc) is 2.92. The number of carbonyl (C=O) groups excluding carboxylic acids is 1. The lowest BCUT2D eigenvalue weighted by Gasteiger charge is -2.29. The molecule has 0 aromatic heterocycles. The van der Waals surface area contributed by atoms with Crippen LogP contribution in [0.3, 0.4) is 0 Å². The van der Waals surface area contributed by atoms with E-state index in [9.17, 15) is 26.0 Å². The van der Waals surface area contributed by atoms with E-state index < -0.39 is 37.9 Å². The van der Waals surface area contributed by atoms with Crippen LogP contribution in [0, 0.1) is 11.7 Å². The number of urea groups is 1. The Kier molecular flexibility index (Phi) is 12.8. The molecule has 2 amide bonds. The highest BCUT2D eigenvalue weighted by atomic mass is 35.5. The quantitative estimate of drug-likeness (QED) is 0.168. The van der Waals surface area contributed by atoms with Gasteiger partial charge in [0.2, 0.25) is 20.0 Å². The first-order chi connectivity index (χ1) is 20.3. The lowest BCUT2D eigenvalue weighted by molar-refractivity contribution is 0.241. The van der Waals surface area contributed by atoms with Gasteiger partial charge in [-0.15, -0.1) is 0 Å². The maximum atomic E-state index is 13.7. The molecular weight excluding hydrogens is 638 g/mol. The van der Waals surface area contributed by atoms with Crippen LogP contribution in [0.1, 0.15) is 33.1 Å². The average molecular weight is 674 g/mol. The molecule has 0 aliphatic heterocycles. The van der Waals surface area contributed by atoms with Gasteiger partial charge in [0.25, 0.3) is 0 Å². The van der Waals surface area contributed by atoms with E-state index in [4.69, 9.17) is 23.2 Å². The molecule has 3 aromatic carbocycles. The SMILES string of the molecule is CC(C)C[C@@H](CN(CCCCNS(=O)(=O)c1ccc(Cl)cc1Cl)S(=O)(=O)c1ccc(F)cc1)NC(=O)Nc1ccccc1. The largest absolute Gasteiger partial charge is 0.334 e. The first-order valence-corrected chi connectivity index (χ1v) is 17.3. The summed E-state index contributed by atoms with van der Waals surface area (Å²) in [5, 5.41) is 5.91. The Balaban J connectivity index is 1.72. The van der Waals surface area contributed by atoms with Gasteiger partial charge < -0.3 is 10.6 Å². The molecule has 3 N–H and O–H groups in total. The zero-order valence-corrected chi connectivity index (χ0v) is 26.9. The van der Waals surface area contributed by atoms with Gasteiger partial charge in [0.15, 0.2) is 0 Å². The summed E-state index contributed by atoms with van der Waals surface area (Å²) in [5.41, 5.74) is 0.585. The molecule has 0 unspecified atom stereocenters. The maximum absolute atomic E-state index is 13.7. The molecule has 3 aromatic rings. The van der Waals surface area contributed by atoms with Crippen LogP contribution in [0.15, 0.2) is 82.6 Å². The molecule has 234 valence electrons. The van der Waals surface area contributed by atoms with Gasteiger partial charge in [0, 0.05) is 36.4 Å². The molecule has 0 spiro atoms. The van der Waals surface area contributed by atoms with Crippen LogP contribution in [-0.4, -0.2) is 52.8 Å². The van der Waals surface area contributed by atoms with Crippen molar-refractivity contribution in [1.29, 1.82) is 0 Å². The number of benzene rings is 3. The van der Waals surface area contributed by atoms with Crippen LogP contribution in [0.5, 0.6) is 0 Å². The Morgan fingerprint density at radius 3 is 2.23 bits per heavy atom. The Morgan fingerprint density at radius 2 is 1.60 bits per heavy atom. The van der Waals surface area contributed by atoms with Gasteiger partial charge in [-0.3, -0.25) is 0 Å². The summed E-state index contributed by atoms with van der Waals surface area (Å²) in [5.74, 6) is -0.443. The Hall–Kier alpha value is -2.74. The number of rotatable bonds is 15. The second-order valence-corrected chi connectivity index (χ2v) is 14.8. The lowest BCUT2D eigenvalue weighted by atomic mass is 10.0. The number of amides is 2. The second-order valence-electron chi connectivity index (χ2n) is 10.3. The van der Waals surface area contributed by atoms with Gasteiger partial charge in [-0.25, -0.2) is 30.7 Å². The minimum Gasteiger partial charge on any atom is -0.334 e. The number of nitrogens with zero attached hydrogens (tertiary/aromatic N) is 1. The third kappa shape index (κ3) is 10.7. The fraction of sp³-hybridized carbons (Fsp3) is 0.345. The van der Waals surface area contributed by atoms with Crippen LogP contribution in [0.4, 0.5) is 14.9 Å². The molecule has 0 fully saturated rings. The molecule has 0 aliphatic carbocycles. The molecule has 0 saturated heterocycles. The molecule has 0 radical (unpaired) electrons. The van der Waals surface area contributed by atoms with E-state index in [2.05, 4.69) is 15.4 Å². The zero-order chi connectivity index (χ0) is 31.6. The monoisotopic (exact) mass is 672 g/mol. The van der Waals surface area contributed by atoms with Crippen molar-refractivity contribution in [2.45, 2.75) is 48.9 Å². The van der Waals surface area contributed by atoms with Gasteiger partial charge in [-0.2, -0.15) is 4.31 Å². The highest BCUT2D eigenvalue weighted by Gasteiger charge is 2.28. The lowest BCUT2D eigenvalue weighted by Crippen LogP contribution is -2.48. The number of para-hydroxylation sites is 1. The van der Waals surface area contributed by atoms with Gasteiger partial charge in [-0.05, 0) is 79.8 Å². The molecule has 1 atom stereocenters. The number of halogens is 3. The van der Waals surface area contributed by atoms with Crippen molar-refractivity contribution in [3.8, 4) is 0 Å². The number of nitrogens with one attached hydrogen (secondary N) is 3. The third-order valence-electron chi connectivity index (χ3n) is 6.31. The molecule has 0 saturated carbocycles. The number of anilines is 1. The van der Waals surface area contributed by atoms with E-state index in [-0.39, 0.29) is 40.4 Å². The molecule has 0 heterocycles. The topological polar surface area (TPSA) is 125 Å². The van der Waals surface area contributed by atoms with Crippen molar-refractivity contribution in [1.82, 2.24) is 14.3 Å². The van der Waals surface area contributed by atoms with Gasteiger partial charge in [-0.1, -0.05) is 55.2 Å². The summed E-state index contributed by atoms with van der Waals surface area (Å²) in [7, 11) is -8.00. The second kappa shape index (κ2) is 15.8. The predicted octanol–water partition coefficient (Wildman–Crippen LogP) is 6.12. The van der Waals surface area contributed by atoms with Crippen LogP contribution in [0.25, 0.3) is 0 Å². The fourth-order valence-electron chi connectivity index (χ4n) is 4.32. The molecule has 0 bridgehead atoms. The summed E-state index contributed by atoms with van der Waals surface area (Å²) >= 11 is 11.9. The number of carbonyl (C=O) groups is 1. The first-order valence-electron chi connectivity index (χ1n) is 13.6. The summed E-state index contributed by atoms with van der Waals surface area (Å²) in [4.78, 5) is 12.6. The van der Waals surface area contributed by atoms with Crippen molar-refractivity contribution in [3.05, 3.63) is 88.7 Å². The Bertz CT molecular complexity index is 1580. The van der Waals surface area contributed by atoms with Gasteiger partial charge in [0.1, 0.15) is 10.7 Å². The van der Waals surface area contributed by atoms with Crippen LogP contribution in [0.2, 0.25) is 10.0 Å². The molecular formula is C29H35Cl2FN4O5S2. The van der Waals surface area contributed by atoms with Crippen LogP contribution in [-0.2, 0) is 20.0 Å². The summed E-state index contributed by atoms with van der Waals surface area (Å²) < 4.78 is 70.0. The molecule has 9 nitrogen and oxygen atoms in total. The highest BCUT2D eigenvalue weighted by molar-refractivity contribution is 7.89. The van der Waals surface area contributed by atoms with E-state index in [1.54, 1.807) is 24.3 Å². The molecule has 14 heteroatoms. The van der Waals surface area contributed by atoms with Crippen molar-refractivity contribution in [2.24, 2.45) is 5.92 Å². The maximum Gasteiger partial charge on any atom is 0.319 e. The number of sulfonamides is 2. The van der Waals surface area contributed by atoms with Crippen LogP contribution < -0.4 is 15.4 Å². The minimum absolute atomic E-state index is 0.0171. The molecule has 3 rings (SSSR count). The van der Waals surface area contributed by atoms with Crippen molar-refractivity contribution in [2.75, 3.05) is 25.0 Å². The first kappa shape index (κ1) is 34.7. The van der Waals surface area contributed by atoms with Crippen LogP contribution >= 0.6 is 23.2 Å². The van der Waals surface area contributed by atoms with E-state index in [0.717, 1.165) is 12.1 Å². The number of unbranched alkanes of at least 4 members (excludes halogenated alkanes) is 1. The summed E-state index contributed by atoms with van der Waals surface area (Å²) in [6.07, 6.45) is 1.08. The van der Waals surface area contributed by atoms with Crippen molar-refractivity contribution < 1.29 is 26.0 Å². The standard InChI is InChI=1S/C29H35Cl2FN4O5S2/c1-21(2)18-25(35-29(37)34-24-8-4-3-5-9-24)20-36(43(40,41)26-13-11-23(32)12-14-26)17-7-6-16-33-42(38,39)28-15-10-22(30)19-27(28)31/h3-5,8-15,19,21,25,33H,6-7,16-18,20H2,1-2H3,(H2,34,35,37)/t25-/m0/s1.